The summed E-state index contributed by atoms with van der Waals surface area (Å²) in [5, 5.41) is 1.95. The molecule has 0 fully saturated rings. The van der Waals surface area contributed by atoms with Gasteiger partial charge in [-0.3, -0.25) is 9.59 Å². The van der Waals surface area contributed by atoms with E-state index in [-0.39, 0.29) is 0 Å². The van der Waals surface area contributed by atoms with E-state index >= 15 is 0 Å². The van der Waals surface area contributed by atoms with Crippen LogP contribution in [0.4, 0.5) is 52.7 Å². The lowest BCUT2D eigenvalue weighted by Gasteiger charge is -2.40. The van der Waals surface area contributed by atoms with Crippen molar-refractivity contribution in [3.8, 4) is 0 Å². The van der Waals surface area contributed by atoms with Crippen LogP contribution >= 0.6 is 0 Å². The van der Waals surface area contributed by atoms with Crippen molar-refractivity contribution >= 4 is 11.8 Å². The maximum absolute atomic E-state index is 13.6. The van der Waals surface area contributed by atoms with E-state index in [1.807, 2.05) is 0 Å². The van der Waals surface area contributed by atoms with Gasteiger partial charge in [-0.25, -0.2) is 0 Å². The molecule has 0 saturated carbocycles. The number of hydrogen-bond donors (Lipinski definition) is 2. The van der Waals surface area contributed by atoms with Crippen LogP contribution in [0, 0.1) is 0 Å². The van der Waals surface area contributed by atoms with Crippen molar-refractivity contribution in [3.63, 3.8) is 0 Å². The Morgan fingerprint density at radius 1 is 0.500 bits per heavy atom. The molecule has 0 unspecified atom stereocenters. The van der Waals surface area contributed by atoms with Gasteiger partial charge in [0.1, 0.15) is 0 Å². The van der Waals surface area contributed by atoms with Crippen LogP contribution in [0.1, 0.15) is 27.7 Å². The minimum Gasteiger partial charge on any atom is -0.348 e. The highest BCUT2D eigenvalue weighted by Gasteiger charge is 2.92. The summed E-state index contributed by atoms with van der Waals surface area (Å²) in [6.07, 6.45) is 0. The fraction of sp³-hybridized carbons (Fsp3) is 0.857. The van der Waals surface area contributed by atoms with E-state index in [9.17, 15) is 62.3 Å². The van der Waals surface area contributed by atoms with E-state index in [1.54, 1.807) is 0 Å². The van der Waals surface area contributed by atoms with Gasteiger partial charge in [0.05, 0.1) is 0 Å². The van der Waals surface area contributed by atoms with E-state index in [0.29, 0.717) is 0 Å². The van der Waals surface area contributed by atoms with Gasteiger partial charge in [0, 0.05) is 12.1 Å². The first-order valence-electron chi connectivity index (χ1n) is 7.81. The molecule has 2 N–H and O–H groups in total. The van der Waals surface area contributed by atoms with Crippen LogP contribution < -0.4 is 10.6 Å². The van der Waals surface area contributed by atoms with Crippen LogP contribution in [0.5, 0.6) is 0 Å². The molecule has 0 heterocycles. The van der Waals surface area contributed by atoms with Gasteiger partial charge in [0.15, 0.2) is 0 Å². The van der Waals surface area contributed by atoms with Crippen molar-refractivity contribution in [2.75, 3.05) is 0 Å². The lowest BCUT2D eigenvalue weighted by atomic mass is 9.90. The second-order valence-electron chi connectivity index (χ2n) is 6.70. The Labute approximate surface area is 161 Å². The largest absolute Gasteiger partial charge is 0.392 e. The molecule has 0 aliphatic heterocycles. The monoisotopic (exact) mass is 472 g/mol. The first-order valence-corrected chi connectivity index (χ1v) is 7.81. The van der Waals surface area contributed by atoms with Gasteiger partial charge in [-0.15, -0.1) is 0 Å². The van der Waals surface area contributed by atoms with Gasteiger partial charge < -0.3 is 10.6 Å². The Morgan fingerprint density at radius 3 is 0.867 bits per heavy atom. The number of alkyl halides is 12. The molecule has 0 spiro atoms. The van der Waals surface area contributed by atoms with Gasteiger partial charge in [0.25, 0.3) is 11.8 Å². The third-order valence-electron chi connectivity index (χ3n) is 3.38. The van der Waals surface area contributed by atoms with E-state index in [4.69, 9.17) is 0 Å². The summed E-state index contributed by atoms with van der Waals surface area (Å²) in [4.78, 5) is 22.1. The molecule has 30 heavy (non-hydrogen) atoms. The highest BCUT2D eigenvalue weighted by molar-refractivity contribution is 5.86. The molecule has 0 rings (SSSR count). The Morgan fingerprint density at radius 2 is 0.700 bits per heavy atom. The summed E-state index contributed by atoms with van der Waals surface area (Å²) in [7, 11) is 0. The van der Waals surface area contributed by atoms with Crippen LogP contribution in [0.15, 0.2) is 0 Å². The third-order valence-corrected chi connectivity index (χ3v) is 3.38. The summed E-state index contributed by atoms with van der Waals surface area (Å²) in [6, 6.07) is -2.84. The predicted molar refractivity (Wildman–Crippen MR) is 76.2 cm³/mol. The molecule has 0 aliphatic rings. The van der Waals surface area contributed by atoms with Gasteiger partial charge >= 0.3 is 35.5 Å². The molecule has 0 radical (unpaired) electrons. The molecule has 0 aromatic carbocycles. The third kappa shape index (κ3) is 4.13. The number of hydrogen-bond acceptors (Lipinski definition) is 2. The molecular formula is C14H16F12N2O2. The second-order valence-corrected chi connectivity index (χ2v) is 6.70. The van der Waals surface area contributed by atoms with Crippen molar-refractivity contribution in [1.29, 1.82) is 0 Å². The molecule has 2 amide bonds. The van der Waals surface area contributed by atoms with Crippen LogP contribution in [0.3, 0.4) is 0 Å². The standard InChI is InChI=1S/C14H16F12N2O2/c1-5(2)27-7(29)9(15,16)11(19,20)13(23,24)14(25,26)12(21,22)10(17,18)8(30)28-6(3)4/h5-6H,1-4H3,(H,27,29)(H,28,30). The Kier molecular flexibility index (Phi) is 7.47. The average molecular weight is 472 g/mol. The molecule has 4 nitrogen and oxygen atoms in total. The Balaban J connectivity index is 6.45. The fourth-order valence-corrected chi connectivity index (χ4v) is 1.78. The Hall–Kier alpha value is -1.90. The summed E-state index contributed by atoms with van der Waals surface area (Å²) in [5.41, 5.74) is 0. The smallest absolute Gasteiger partial charge is 0.348 e. The lowest BCUT2D eigenvalue weighted by Crippen LogP contribution is -2.74. The maximum atomic E-state index is 13.6. The number of carbonyl (C=O) groups excluding carboxylic acids is 2. The van der Waals surface area contributed by atoms with E-state index in [1.165, 1.54) is 0 Å². The minimum atomic E-state index is -7.93. The topological polar surface area (TPSA) is 58.2 Å². The normalized spacial score (nSPS) is 14.9. The first kappa shape index (κ1) is 28.1. The summed E-state index contributed by atoms with van der Waals surface area (Å²) >= 11 is 0. The van der Waals surface area contributed by atoms with E-state index < -0.39 is 59.4 Å². The second kappa shape index (κ2) is 7.98. The molecule has 178 valence electrons. The van der Waals surface area contributed by atoms with Crippen molar-refractivity contribution < 1.29 is 62.3 Å². The van der Waals surface area contributed by atoms with Crippen molar-refractivity contribution in [3.05, 3.63) is 0 Å². The van der Waals surface area contributed by atoms with Crippen LogP contribution in [-0.2, 0) is 9.59 Å². The highest BCUT2D eigenvalue weighted by Crippen LogP contribution is 2.60. The predicted octanol–water partition coefficient (Wildman–Crippen LogP) is 3.85. The number of nitrogens with one attached hydrogen (secondary N) is 2. The minimum absolute atomic E-state index is 0.862. The quantitative estimate of drug-likeness (QED) is 0.501. The van der Waals surface area contributed by atoms with E-state index in [2.05, 4.69) is 0 Å². The van der Waals surface area contributed by atoms with Gasteiger partial charge in [-0.05, 0) is 27.7 Å². The van der Waals surface area contributed by atoms with Gasteiger partial charge in [0.2, 0.25) is 0 Å². The molecule has 0 bridgehead atoms. The molecule has 0 aliphatic carbocycles. The molecule has 0 saturated heterocycles. The zero-order valence-electron chi connectivity index (χ0n) is 15.5. The molecule has 0 aromatic heterocycles. The Bertz CT molecular complexity index is 605. The summed E-state index contributed by atoms with van der Waals surface area (Å²) in [6.45, 7) is 3.45. The molecule has 16 heteroatoms. The summed E-state index contributed by atoms with van der Waals surface area (Å²) in [5.74, 6) is -51.0. The van der Waals surface area contributed by atoms with E-state index in [0.717, 1.165) is 38.3 Å². The number of halogens is 12. The number of carbonyl (C=O) groups is 2. The maximum Gasteiger partial charge on any atom is 0.392 e. The van der Waals surface area contributed by atoms with Crippen LogP contribution in [0.2, 0.25) is 0 Å². The van der Waals surface area contributed by atoms with Crippen molar-refractivity contribution in [2.45, 2.75) is 75.3 Å². The summed E-state index contributed by atoms with van der Waals surface area (Å²) < 4.78 is 163. The molecular weight excluding hydrogens is 456 g/mol. The van der Waals surface area contributed by atoms with Crippen molar-refractivity contribution in [1.82, 2.24) is 10.6 Å². The average Bonchev–Trinajstić information content (AvgIpc) is 2.52. The highest BCUT2D eigenvalue weighted by atomic mass is 19.4. The number of amides is 2. The first-order chi connectivity index (χ1) is 12.9. The SMILES string of the molecule is CC(C)NC(=O)C(F)(F)C(F)(F)C(F)(F)C(F)(F)C(F)(F)C(F)(F)C(=O)NC(C)C. The van der Waals surface area contributed by atoms with Crippen molar-refractivity contribution in [2.24, 2.45) is 0 Å². The zero-order valence-corrected chi connectivity index (χ0v) is 15.5. The molecule has 0 atom stereocenters. The van der Waals surface area contributed by atoms with Gasteiger partial charge in [-0.1, -0.05) is 0 Å². The van der Waals surface area contributed by atoms with Gasteiger partial charge in [-0.2, -0.15) is 52.7 Å². The van der Waals surface area contributed by atoms with Crippen LogP contribution in [0.25, 0.3) is 0 Å². The zero-order chi connectivity index (χ0) is 24.7. The lowest BCUT2D eigenvalue weighted by molar-refractivity contribution is -0.415. The fourth-order valence-electron chi connectivity index (χ4n) is 1.78. The number of rotatable bonds is 9. The molecule has 0 aromatic rings. The van der Waals surface area contributed by atoms with Crippen LogP contribution in [-0.4, -0.2) is 59.4 Å².